The number of aliphatic hydroxyl groups is 2. The third-order valence-electron chi connectivity index (χ3n) is 7.87. The molecule has 0 aliphatic heterocycles. The highest BCUT2D eigenvalue weighted by molar-refractivity contribution is 5.26. The van der Waals surface area contributed by atoms with Crippen molar-refractivity contribution in [2.75, 3.05) is 6.61 Å². The average molecular weight is 290 g/mol. The van der Waals surface area contributed by atoms with E-state index in [1.54, 1.807) is 0 Å². The molecule has 0 radical (unpaired) electrons. The first-order chi connectivity index (χ1) is 10.1. The molecule has 1 unspecified atom stereocenters. The van der Waals surface area contributed by atoms with Gasteiger partial charge >= 0.3 is 0 Å². The van der Waals surface area contributed by atoms with Gasteiger partial charge in [-0.2, -0.15) is 0 Å². The van der Waals surface area contributed by atoms with Crippen LogP contribution in [0.5, 0.6) is 0 Å². The van der Waals surface area contributed by atoms with Crippen molar-refractivity contribution in [3.8, 4) is 0 Å². The molecule has 2 nitrogen and oxygen atoms in total. The van der Waals surface area contributed by atoms with Crippen LogP contribution < -0.4 is 0 Å². The molecule has 0 aromatic heterocycles. The van der Waals surface area contributed by atoms with Gasteiger partial charge in [-0.1, -0.05) is 25.0 Å². The van der Waals surface area contributed by atoms with Gasteiger partial charge in [0.05, 0.1) is 12.7 Å². The topological polar surface area (TPSA) is 40.5 Å². The Labute approximate surface area is 128 Å². The summed E-state index contributed by atoms with van der Waals surface area (Å²) in [5.74, 6) is 2.34. The summed E-state index contributed by atoms with van der Waals surface area (Å²) in [4.78, 5) is 0. The second-order valence-corrected chi connectivity index (χ2v) is 8.64. The van der Waals surface area contributed by atoms with E-state index >= 15 is 0 Å². The third-order valence-corrected chi connectivity index (χ3v) is 7.87. The summed E-state index contributed by atoms with van der Waals surface area (Å²) in [7, 11) is 0. The van der Waals surface area contributed by atoms with E-state index in [9.17, 15) is 10.2 Å². The molecule has 6 atom stereocenters. The van der Waals surface area contributed by atoms with Crippen LogP contribution in [0, 0.1) is 28.6 Å². The van der Waals surface area contributed by atoms with Crippen LogP contribution >= 0.6 is 0 Å². The standard InChI is InChI=1S/C19H30O2/c1-18-8-2-3-16(18)15-5-4-13-11-14(21)6-10-19(13,12-20)17(15)7-9-18/h4,14-17,20-21H,2-3,5-12H2,1H3/t14?,15-,16-,17+,18-,19+/m0/s1. The first-order valence-electron chi connectivity index (χ1n) is 9.07. The lowest BCUT2D eigenvalue weighted by Crippen LogP contribution is -2.52. The van der Waals surface area contributed by atoms with Crippen molar-refractivity contribution in [2.45, 2.75) is 70.8 Å². The molecule has 21 heavy (non-hydrogen) atoms. The number of aliphatic hydroxyl groups excluding tert-OH is 2. The van der Waals surface area contributed by atoms with Crippen molar-refractivity contribution >= 4 is 0 Å². The smallest absolute Gasteiger partial charge is 0.0577 e. The summed E-state index contributed by atoms with van der Waals surface area (Å²) in [6, 6.07) is 0. The van der Waals surface area contributed by atoms with Gasteiger partial charge in [0.1, 0.15) is 0 Å². The van der Waals surface area contributed by atoms with Crippen molar-refractivity contribution in [3.63, 3.8) is 0 Å². The minimum atomic E-state index is -0.173. The molecule has 0 aromatic carbocycles. The molecular formula is C19H30O2. The normalized spacial score (nSPS) is 52.6. The van der Waals surface area contributed by atoms with E-state index in [0.29, 0.717) is 17.9 Å². The maximum atomic E-state index is 10.3. The van der Waals surface area contributed by atoms with Crippen LogP contribution in [0.4, 0.5) is 0 Å². The molecule has 2 N–H and O–H groups in total. The Morgan fingerprint density at radius 2 is 2.00 bits per heavy atom. The summed E-state index contributed by atoms with van der Waals surface area (Å²) < 4.78 is 0. The Morgan fingerprint density at radius 3 is 2.81 bits per heavy atom. The van der Waals surface area contributed by atoms with Crippen LogP contribution in [0.2, 0.25) is 0 Å². The van der Waals surface area contributed by atoms with Gasteiger partial charge in [0, 0.05) is 5.41 Å². The molecule has 4 aliphatic rings. The Bertz CT molecular complexity index is 456. The molecular weight excluding hydrogens is 260 g/mol. The highest BCUT2D eigenvalue weighted by atomic mass is 16.3. The van der Waals surface area contributed by atoms with Gasteiger partial charge in [-0.25, -0.2) is 0 Å². The molecule has 118 valence electrons. The Balaban J connectivity index is 1.70. The van der Waals surface area contributed by atoms with Crippen LogP contribution in [-0.2, 0) is 0 Å². The lowest BCUT2D eigenvalue weighted by molar-refractivity contribution is -0.0648. The number of hydrogen-bond acceptors (Lipinski definition) is 2. The van der Waals surface area contributed by atoms with E-state index in [1.165, 1.54) is 44.1 Å². The van der Waals surface area contributed by atoms with Crippen LogP contribution in [0.25, 0.3) is 0 Å². The van der Waals surface area contributed by atoms with Gasteiger partial charge in [0.25, 0.3) is 0 Å². The van der Waals surface area contributed by atoms with Gasteiger partial charge in [0.15, 0.2) is 0 Å². The largest absolute Gasteiger partial charge is 0.395 e. The van der Waals surface area contributed by atoms with E-state index in [2.05, 4.69) is 13.0 Å². The maximum absolute atomic E-state index is 10.3. The predicted octanol–water partition coefficient (Wildman–Crippen LogP) is 3.67. The SMILES string of the molecule is C[C@@]12CCC[C@H]1[C@@H]1CC=C3CC(O)CC[C@]3(CO)[C@@H]1CC2. The van der Waals surface area contributed by atoms with Crippen molar-refractivity contribution in [3.05, 3.63) is 11.6 Å². The Hall–Kier alpha value is -0.340. The minimum absolute atomic E-state index is 0.0199. The van der Waals surface area contributed by atoms with E-state index in [0.717, 1.165) is 31.1 Å². The Morgan fingerprint density at radius 1 is 1.14 bits per heavy atom. The lowest BCUT2D eigenvalue weighted by atomic mass is 9.48. The zero-order chi connectivity index (χ0) is 14.7. The highest BCUT2D eigenvalue weighted by Crippen LogP contribution is 2.64. The van der Waals surface area contributed by atoms with E-state index < -0.39 is 0 Å². The molecule has 0 spiro atoms. The zero-order valence-electron chi connectivity index (χ0n) is 13.4. The number of rotatable bonds is 1. The van der Waals surface area contributed by atoms with E-state index in [-0.39, 0.29) is 11.5 Å². The fourth-order valence-electron chi connectivity index (χ4n) is 6.73. The van der Waals surface area contributed by atoms with Gasteiger partial charge in [-0.3, -0.25) is 0 Å². The summed E-state index contributed by atoms with van der Waals surface area (Å²) in [6.07, 6.45) is 13.0. The fraction of sp³-hybridized carbons (Fsp3) is 0.895. The maximum Gasteiger partial charge on any atom is 0.0577 e. The first kappa shape index (κ1) is 14.3. The van der Waals surface area contributed by atoms with E-state index in [1.807, 2.05) is 0 Å². The second-order valence-electron chi connectivity index (χ2n) is 8.64. The van der Waals surface area contributed by atoms with Crippen LogP contribution in [-0.4, -0.2) is 22.9 Å². The van der Waals surface area contributed by atoms with Crippen molar-refractivity contribution in [2.24, 2.45) is 28.6 Å². The second kappa shape index (κ2) is 4.83. The van der Waals surface area contributed by atoms with Gasteiger partial charge in [-0.05, 0) is 74.5 Å². The molecule has 0 amide bonds. The van der Waals surface area contributed by atoms with Crippen molar-refractivity contribution < 1.29 is 10.2 Å². The third kappa shape index (κ3) is 1.91. The molecule has 4 rings (SSSR count). The van der Waals surface area contributed by atoms with Gasteiger partial charge < -0.3 is 10.2 Å². The van der Waals surface area contributed by atoms with Crippen molar-refractivity contribution in [1.82, 2.24) is 0 Å². The van der Waals surface area contributed by atoms with Crippen LogP contribution in [0.15, 0.2) is 11.6 Å². The summed E-state index contributed by atoms with van der Waals surface area (Å²) >= 11 is 0. The number of fused-ring (bicyclic) bond motifs is 5. The molecule has 0 saturated heterocycles. The first-order valence-corrected chi connectivity index (χ1v) is 9.07. The molecule has 0 aromatic rings. The van der Waals surface area contributed by atoms with Crippen LogP contribution in [0.1, 0.15) is 64.7 Å². The van der Waals surface area contributed by atoms with Gasteiger partial charge in [0.2, 0.25) is 0 Å². The number of allylic oxidation sites excluding steroid dienone is 1. The van der Waals surface area contributed by atoms with Crippen LogP contribution in [0.3, 0.4) is 0 Å². The minimum Gasteiger partial charge on any atom is -0.395 e. The molecule has 3 fully saturated rings. The summed E-state index contributed by atoms with van der Waals surface area (Å²) in [5.41, 5.74) is 2.00. The summed E-state index contributed by atoms with van der Waals surface area (Å²) in [5, 5.41) is 20.3. The zero-order valence-corrected chi connectivity index (χ0v) is 13.4. The molecule has 3 saturated carbocycles. The molecule has 0 bridgehead atoms. The molecule has 4 aliphatic carbocycles. The lowest BCUT2D eigenvalue weighted by Gasteiger charge is -2.57. The summed E-state index contributed by atoms with van der Waals surface area (Å²) in [6.45, 7) is 2.83. The van der Waals surface area contributed by atoms with E-state index in [4.69, 9.17) is 0 Å². The molecule has 0 heterocycles. The Kier molecular flexibility index (Phi) is 3.28. The van der Waals surface area contributed by atoms with Gasteiger partial charge in [-0.15, -0.1) is 0 Å². The molecule has 2 heteroatoms. The number of hydrogen-bond donors (Lipinski definition) is 2. The van der Waals surface area contributed by atoms with Crippen molar-refractivity contribution in [1.29, 1.82) is 0 Å². The predicted molar refractivity (Wildman–Crippen MR) is 83.7 cm³/mol. The monoisotopic (exact) mass is 290 g/mol. The average Bonchev–Trinajstić information content (AvgIpc) is 2.88. The fourth-order valence-corrected chi connectivity index (χ4v) is 6.73. The highest BCUT2D eigenvalue weighted by Gasteiger charge is 2.57. The quantitative estimate of drug-likeness (QED) is 0.723.